The van der Waals surface area contributed by atoms with Crippen LogP contribution in [0.25, 0.3) is 43.6 Å². The molecular formula is C30H24N6O2. The smallest absolute Gasteiger partial charge is 0.224 e. The maximum atomic E-state index is 12.7. The minimum atomic E-state index is -0.0992. The van der Waals surface area contributed by atoms with Gasteiger partial charge in [-0.3, -0.25) is 29.5 Å². The predicted octanol–water partition coefficient (Wildman–Crippen LogP) is 6.02. The molecule has 6 rings (SSSR count). The fraction of sp³-hybridized carbons (Fsp3) is 0.133. The van der Waals surface area contributed by atoms with E-state index in [9.17, 15) is 9.59 Å². The van der Waals surface area contributed by atoms with Crippen molar-refractivity contribution in [1.29, 1.82) is 0 Å². The number of aromatic nitrogens is 4. The highest BCUT2D eigenvalue weighted by Crippen LogP contribution is 2.30. The molecule has 2 aromatic carbocycles. The van der Waals surface area contributed by atoms with E-state index < -0.39 is 0 Å². The number of hydrogen-bond acceptors (Lipinski definition) is 6. The van der Waals surface area contributed by atoms with Crippen molar-refractivity contribution in [3.05, 3.63) is 85.5 Å². The second kappa shape index (κ2) is 10.2. The molecule has 0 atom stereocenters. The fourth-order valence-corrected chi connectivity index (χ4v) is 4.76. The number of rotatable bonds is 7. The van der Waals surface area contributed by atoms with E-state index in [1.54, 1.807) is 24.8 Å². The van der Waals surface area contributed by atoms with Crippen molar-refractivity contribution in [2.45, 2.75) is 25.7 Å². The molecule has 4 heterocycles. The lowest BCUT2D eigenvalue weighted by Crippen LogP contribution is -2.14. The number of unbranched alkanes of at least 4 members (excludes halogenated alkanes) is 1. The third kappa shape index (κ3) is 4.59. The Hall–Kier alpha value is -4.98. The third-order valence-corrected chi connectivity index (χ3v) is 6.53. The van der Waals surface area contributed by atoms with Crippen molar-refractivity contribution in [2.75, 3.05) is 10.6 Å². The average molecular weight is 501 g/mol. The van der Waals surface area contributed by atoms with Gasteiger partial charge >= 0.3 is 0 Å². The Bertz CT molecular complexity index is 1700. The van der Waals surface area contributed by atoms with E-state index >= 15 is 0 Å². The largest absolute Gasteiger partial charge is 0.325 e. The van der Waals surface area contributed by atoms with Crippen LogP contribution in [0, 0.1) is 0 Å². The lowest BCUT2D eigenvalue weighted by molar-refractivity contribution is -0.118. The van der Waals surface area contributed by atoms with Gasteiger partial charge in [0.05, 0.1) is 33.4 Å². The summed E-state index contributed by atoms with van der Waals surface area (Å²) in [7, 11) is 0. The van der Waals surface area contributed by atoms with E-state index in [4.69, 9.17) is 0 Å². The van der Waals surface area contributed by atoms with Crippen molar-refractivity contribution in [3.8, 4) is 0 Å². The molecule has 186 valence electrons. The van der Waals surface area contributed by atoms with Crippen molar-refractivity contribution < 1.29 is 9.59 Å². The number of carbonyl (C=O) groups excluding carboxylic acids is 2. The second-order valence-electron chi connectivity index (χ2n) is 9.10. The van der Waals surface area contributed by atoms with Gasteiger partial charge in [0, 0.05) is 59.2 Å². The highest BCUT2D eigenvalue weighted by molar-refractivity contribution is 6.13. The highest BCUT2D eigenvalue weighted by Gasteiger charge is 2.13. The van der Waals surface area contributed by atoms with Crippen LogP contribution < -0.4 is 10.6 Å². The van der Waals surface area contributed by atoms with Gasteiger partial charge in [-0.2, -0.15) is 0 Å². The number of anilines is 2. The van der Waals surface area contributed by atoms with Gasteiger partial charge in [-0.15, -0.1) is 0 Å². The molecule has 0 radical (unpaired) electrons. The summed E-state index contributed by atoms with van der Waals surface area (Å²) in [5, 5.41) is 9.57. The van der Waals surface area contributed by atoms with Crippen molar-refractivity contribution in [1.82, 2.24) is 19.9 Å². The van der Waals surface area contributed by atoms with Gasteiger partial charge in [-0.25, -0.2) is 0 Å². The van der Waals surface area contributed by atoms with E-state index in [0.717, 1.165) is 43.6 Å². The molecule has 0 saturated carbocycles. The summed E-state index contributed by atoms with van der Waals surface area (Å²) < 4.78 is 0. The van der Waals surface area contributed by atoms with E-state index in [2.05, 4.69) is 30.6 Å². The number of carbonyl (C=O) groups is 2. The molecule has 8 nitrogen and oxygen atoms in total. The minimum absolute atomic E-state index is 0.0992. The molecule has 0 aliphatic heterocycles. The highest BCUT2D eigenvalue weighted by atomic mass is 16.2. The van der Waals surface area contributed by atoms with Gasteiger partial charge in [-0.05, 0) is 61.4 Å². The van der Waals surface area contributed by atoms with E-state index in [1.807, 2.05) is 60.7 Å². The van der Waals surface area contributed by atoms with Crippen molar-refractivity contribution in [2.24, 2.45) is 0 Å². The molecule has 6 aromatic rings. The summed E-state index contributed by atoms with van der Waals surface area (Å²) in [6, 6.07) is 19.0. The first-order valence-corrected chi connectivity index (χ1v) is 12.5. The van der Waals surface area contributed by atoms with Gasteiger partial charge in [-0.1, -0.05) is 12.1 Å². The quantitative estimate of drug-likeness (QED) is 0.205. The minimum Gasteiger partial charge on any atom is -0.325 e. The molecule has 38 heavy (non-hydrogen) atoms. The first-order chi connectivity index (χ1) is 18.7. The fourth-order valence-electron chi connectivity index (χ4n) is 4.76. The van der Waals surface area contributed by atoms with Crippen molar-refractivity contribution in [3.63, 3.8) is 0 Å². The molecule has 2 N–H and O–H groups in total. The molecule has 0 aliphatic rings. The Kier molecular flexibility index (Phi) is 6.27. The molecule has 0 unspecified atom stereocenters. The van der Waals surface area contributed by atoms with Crippen LogP contribution in [0.1, 0.15) is 25.7 Å². The Morgan fingerprint density at radius 3 is 1.39 bits per heavy atom. The zero-order chi connectivity index (χ0) is 25.9. The Morgan fingerprint density at radius 1 is 0.553 bits per heavy atom. The SMILES string of the molecule is O=C(CCCCC(=O)Nc1cc2cccnc2c2ncccc12)Nc1cc2cccnc2c2ncccc12. The average Bonchev–Trinajstić information content (AvgIpc) is 2.95. The zero-order valence-corrected chi connectivity index (χ0v) is 20.5. The molecular weight excluding hydrogens is 476 g/mol. The standard InChI is InChI=1S/C30H24N6O2/c37-25(35-23-17-19-7-3-13-31-27(19)29-21(23)9-5-15-33-29)11-1-2-12-26(38)36-24-18-20-8-4-14-32-28(20)30-22(24)10-6-16-34-30/h3-10,13-18H,1-2,11-12H2,(H,35,37)(H,36,38). The summed E-state index contributed by atoms with van der Waals surface area (Å²) in [5.74, 6) is -0.198. The number of hydrogen-bond donors (Lipinski definition) is 2. The maximum absolute atomic E-state index is 12.7. The molecule has 0 aliphatic carbocycles. The number of nitrogens with zero attached hydrogens (tertiary/aromatic N) is 4. The van der Waals surface area contributed by atoms with Crippen LogP contribution in [0.5, 0.6) is 0 Å². The van der Waals surface area contributed by atoms with Gasteiger partial charge in [0.1, 0.15) is 0 Å². The second-order valence-corrected chi connectivity index (χ2v) is 9.10. The number of benzene rings is 2. The molecule has 0 bridgehead atoms. The van der Waals surface area contributed by atoms with E-state index in [0.29, 0.717) is 37.1 Å². The van der Waals surface area contributed by atoms with Crippen LogP contribution >= 0.6 is 0 Å². The van der Waals surface area contributed by atoms with Crippen LogP contribution in [-0.4, -0.2) is 31.8 Å². The van der Waals surface area contributed by atoms with E-state index in [-0.39, 0.29) is 11.8 Å². The number of nitrogens with one attached hydrogen (secondary N) is 2. The summed E-state index contributed by atoms with van der Waals surface area (Å²) in [6.45, 7) is 0. The Morgan fingerprint density at radius 2 is 0.947 bits per heavy atom. The van der Waals surface area contributed by atoms with Crippen molar-refractivity contribution >= 4 is 66.8 Å². The van der Waals surface area contributed by atoms with Crippen LogP contribution in [0.2, 0.25) is 0 Å². The normalized spacial score (nSPS) is 11.3. The van der Waals surface area contributed by atoms with E-state index in [1.165, 1.54) is 0 Å². The lowest BCUT2D eigenvalue weighted by Gasteiger charge is -2.11. The Labute approximate surface area is 218 Å². The summed E-state index contributed by atoms with van der Waals surface area (Å²) in [5.41, 5.74) is 4.54. The third-order valence-electron chi connectivity index (χ3n) is 6.53. The molecule has 0 saturated heterocycles. The number of amides is 2. The number of fused-ring (bicyclic) bond motifs is 6. The molecule has 2 amide bonds. The van der Waals surface area contributed by atoms with Crippen LogP contribution in [0.4, 0.5) is 11.4 Å². The summed E-state index contributed by atoms with van der Waals surface area (Å²) in [4.78, 5) is 43.3. The molecule has 4 aromatic heterocycles. The van der Waals surface area contributed by atoms with Gasteiger partial charge in [0.15, 0.2) is 0 Å². The topological polar surface area (TPSA) is 110 Å². The lowest BCUT2D eigenvalue weighted by atomic mass is 10.1. The van der Waals surface area contributed by atoms with Gasteiger partial charge in [0.25, 0.3) is 0 Å². The maximum Gasteiger partial charge on any atom is 0.224 e. The van der Waals surface area contributed by atoms with Gasteiger partial charge < -0.3 is 10.6 Å². The Balaban J connectivity index is 1.08. The first-order valence-electron chi connectivity index (χ1n) is 12.5. The van der Waals surface area contributed by atoms with Crippen LogP contribution in [0.15, 0.2) is 85.5 Å². The molecule has 0 spiro atoms. The monoisotopic (exact) mass is 500 g/mol. The molecule has 8 heteroatoms. The number of pyridine rings is 4. The van der Waals surface area contributed by atoms with Crippen LogP contribution in [0.3, 0.4) is 0 Å². The van der Waals surface area contributed by atoms with Gasteiger partial charge in [0.2, 0.25) is 11.8 Å². The summed E-state index contributed by atoms with van der Waals surface area (Å²) >= 11 is 0. The molecule has 0 fully saturated rings. The van der Waals surface area contributed by atoms with Crippen LogP contribution in [-0.2, 0) is 9.59 Å². The first kappa shape index (κ1) is 23.4. The zero-order valence-electron chi connectivity index (χ0n) is 20.5. The predicted molar refractivity (Wildman–Crippen MR) is 150 cm³/mol. The summed E-state index contributed by atoms with van der Waals surface area (Å²) in [6.07, 6.45) is 8.73.